The van der Waals surface area contributed by atoms with Gasteiger partial charge >= 0.3 is 0 Å². The van der Waals surface area contributed by atoms with Gasteiger partial charge in [0.25, 0.3) is 0 Å². The standard InChI is InChI=1S/C13H24N2O2/c1-9-5-13(16,8-15(9)2)12(7-14)6-10-3-4-11(12)17-10/h9-11,16H,3-8,14H2,1-2H3. The van der Waals surface area contributed by atoms with Crippen LogP contribution < -0.4 is 5.73 Å². The van der Waals surface area contributed by atoms with Crippen LogP contribution in [-0.2, 0) is 4.74 Å². The summed E-state index contributed by atoms with van der Waals surface area (Å²) in [5, 5.41) is 11.1. The van der Waals surface area contributed by atoms with E-state index in [9.17, 15) is 5.11 Å². The maximum atomic E-state index is 11.1. The molecule has 2 bridgehead atoms. The molecular weight excluding hydrogens is 216 g/mol. The van der Waals surface area contributed by atoms with E-state index in [1.54, 1.807) is 0 Å². The van der Waals surface area contributed by atoms with Crippen molar-refractivity contribution in [3.63, 3.8) is 0 Å². The number of fused-ring (bicyclic) bond motifs is 2. The monoisotopic (exact) mass is 240 g/mol. The second-order valence-electron chi connectivity index (χ2n) is 6.39. The van der Waals surface area contributed by atoms with Crippen LogP contribution in [0.1, 0.15) is 32.6 Å². The van der Waals surface area contributed by atoms with Crippen molar-refractivity contribution in [3.8, 4) is 0 Å². The minimum atomic E-state index is -0.657. The van der Waals surface area contributed by atoms with Crippen molar-refractivity contribution in [2.24, 2.45) is 11.1 Å². The number of hydrogen-bond acceptors (Lipinski definition) is 4. The largest absolute Gasteiger partial charge is 0.388 e. The third kappa shape index (κ3) is 1.44. The van der Waals surface area contributed by atoms with Gasteiger partial charge in [0, 0.05) is 24.5 Å². The maximum absolute atomic E-state index is 11.1. The van der Waals surface area contributed by atoms with E-state index in [1.807, 2.05) is 0 Å². The lowest BCUT2D eigenvalue weighted by Gasteiger charge is -2.46. The molecule has 3 aliphatic heterocycles. The van der Waals surface area contributed by atoms with E-state index >= 15 is 0 Å². The molecule has 3 rings (SSSR count). The van der Waals surface area contributed by atoms with Crippen molar-refractivity contribution in [1.29, 1.82) is 0 Å². The van der Waals surface area contributed by atoms with Crippen molar-refractivity contribution in [1.82, 2.24) is 4.90 Å². The smallest absolute Gasteiger partial charge is 0.0882 e. The normalized spacial score (nSPS) is 54.7. The molecule has 0 spiro atoms. The van der Waals surface area contributed by atoms with E-state index in [1.165, 1.54) is 0 Å². The molecule has 5 atom stereocenters. The highest BCUT2D eigenvalue weighted by Gasteiger charge is 2.64. The number of aliphatic hydroxyl groups is 1. The molecule has 3 N–H and O–H groups in total. The number of hydrogen-bond donors (Lipinski definition) is 2. The summed E-state index contributed by atoms with van der Waals surface area (Å²) in [6.07, 6.45) is 4.52. The van der Waals surface area contributed by atoms with E-state index in [-0.39, 0.29) is 11.5 Å². The van der Waals surface area contributed by atoms with E-state index in [4.69, 9.17) is 10.5 Å². The van der Waals surface area contributed by atoms with Gasteiger partial charge in [-0.3, -0.25) is 0 Å². The SMILES string of the molecule is CC1CC(O)(C2(CN)CC3CCC2O3)CN1C. The Morgan fingerprint density at radius 1 is 1.41 bits per heavy atom. The van der Waals surface area contributed by atoms with Gasteiger partial charge in [-0.15, -0.1) is 0 Å². The van der Waals surface area contributed by atoms with Gasteiger partial charge in [-0.05, 0) is 39.7 Å². The number of likely N-dealkylation sites (N-methyl/N-ethyl adjacent to an activating group) is 1. The van der Waals surface area contributed by atoms with Crippen LogP contribution in [0, 0.1) is 5.41 Å². The number of rotatable bonds is 2. The fourth-order valence-corrected chi connectivity index (χ4v) is 4.33. The van der Waals surface area contributed by atoms with E-state index in [0.29, 0.717) is 18.7 Å². The minimum absolute atomic E-state index is 0.182. The Balaban J connectivity index is 1.91. The van der Waals surface area contributed by atoms with E-state index in [0.717, 1.165) is 32.2 Å². The fourth-order valence-electron chi connectivity index (χ4n) is 4.33. The van der Waals surface area contributed by atoms with Crippen molar-refractivity contribution in [3.05, 3.63) is 0 Å². The first-order valence-electron chi connectivity index (χ1n) is 6.79. The van der Waals surface area contributed by atoms with Gasteiger partial charge in [0.15, 0.2) is 0 Å². The summed E-state index contributed by atoms with van der Waals surface area (Å²) < 4.78 is 5.97. The highest BCUT2D eigenvalue weighted by atomic mass is 16.5. The molecule has 5 unspecified atom stereocenters. The second kappa shape index (κ2) is 3.67. The highest BCUT2D eigenvalue weighted by molar-refractivity contribution is 5.15. The van der Waals surface area contributed by atoms with Crippen LogP contribution in [-0.4, -0.2) is 54.0 Å². The summed E-state index contributed by atoms with van der Waals surface area (Å²) in [6.45, 7) is 3.46. The molecule has 17 heavy (non-hydrogen) atoms. The lowest BCUT2D eigenvalue weighted by Crippen LogP contribution is -2.59. The lowest BCUT2D eigenvalue weighted by molar-refractivity contribution is -0.102. The summed E-state index contributed by atoms with van der Waals surface area (Å²) >= 11 is 0. The molecule has 0 aromatic heterocycles. The van der Waals surface area contributed by atoms with Crippen LogP contribution in [0.3, 0.4) is 0 Å². The Kier molecular flexibility index (Phi) is 2.57. The number of ether oxygens (including phenoxy) is 1. The Hall–Kier alpha value is -0.160. The summed E-state index contributed by atoms with van der Waals surface area (Å²) in [5.74, 6) is 0. The summed E-state index contributed by atoms with van der Waals surface area (Å²) in [7, 11) is 2.08. The lowest BCUT2D eigenvalue weighted by atomic mass is 9.62. The van der Waals surface area contributed by atoms with Gasteiger partial charge in [-0.1, -0.05) is 0 Å². The number of β-amino-alcohol motifs (C(OH)–C–C–N with tert-alkyl or cyclic N) is 1. The van der Waals surface area contributed by atoms with E-state index < -0.39 is 5.60 Å². The third-order valence-corrected chi connectivity index (χ3v) is 5.50. The summed E-state index contributed by atoms with van der Waals surface area (Å²) in [6, 6.07) is 0.433. The van der Waals surface area contributed by atoms with Crippen LogP contribution >= 0.6 is 0 Å². The minimum Gasteiger partial charge on any atom is -0.388 e. The Morgan fingerprint density at radius 3 is 2.59 bits per heavy atom. The molecule has 3 fully saturated rings. The van der Waals surface area contributed by atoms with Crippen LogP contribution in [0.2, 0.25) is 0 Å². The molecule has 0 radical (unpaired) electrons. The Labute approximate surface area is 103 Å². The molecule has 0 aromatic rings. The molecule has 0 amide bonds. The van der Waals surface area contributed by atoms with Gasteiger partial charge in [0.2, 0.25) is 0 Å². The van der Waals surface area contributed by atoms with Crippen molar-refractivity contribution in [2.75, 3.05) is 20.1 Å². The average Bonchev–Trinajstić information content (AvgIpc) is 2.93. The molecular formula is C13H24N2O2. The van der Waals surface area contributed by atoms with Crippen LogP contribution in [0.15, 0.2) is 0 Å². The molecule has 0 aromatic carbocycles. The number of nitrogens with zero attached hydrogens (tertiary/aromatic N) is 1. The highest BCUT2D eigenvalue weighted by Crippen LogP contribution is 2.55. The number of nitrogens with two attached hydrogens (primary N) is 1. The number of likely N-dealkylation sites (tertiary alicyclic amines) is 1. The molecule has 3 aliphatic rings. The molecule has 3 heterocycles. The van der Waals surface area contributed by atoms with Crippen molar-refractivity contribution >= 4 is 0 Å². The molecule has 0 aliphatic carbocycles. The maximum Gasteiger partial charge on any atom is 0.0882 e. The van der Waals surface area contributed by atoms with Gasteiger partial charge in [-0.25, -0.2) is 0 Å². The average molecular weight is 240 g/mol. The molecule has 4 nitrogen and oxygen atoms in total. The Bertz CT molecular complexity index is 313. The first-order valence-corrected chi connectivity index (χ1v) is 6.79. The Morgan fingerprint density at radius 2 is 2.18 bits per heavy atom. The zero-order chi connectivity index (χ0) is 12.3. The predicted octanol–water partition coefficient (Wildman–Crippen LogP) is 0.338. The van der Waals surface area contributed by atoms with Gasteiger partial charge in [-0.2, -0.15) is 0 Å². The summed E-state index contributed by atoms with van der Waals surface area (Å²) in [4.78, 5) is 2.24. The van der Waals surface area contributed by atoms with Crippen LogP contribution in [0.5, 0.6) is 0 Å². The zero-order valence-electron chi connectivity index (χ0n) is 10.9. The quantitative estimate of drug-likeness (QED) is 0.730. The van der Waals surface area contributed by atoms with Gasteiger partial charge in [0.05, 0.1) is 17.8 Å². The van der Waals surface area contributed by atoms with E-state index in [2.05, 4.69) is 18.9 Å². The first kappa shape index (κ1) is 11.9. The van der Waals surface area contributed by atoms with Gasteiger partial charge < -0.3 is 20.5 Å². The molecule has 4 heteroatoms. The van der Waals surface area contributed by atoms with Crippen molar-refractivity contribution < 1.29 is 9.84 Å². The van der Waals surface area contributed by atoms with Crippen LogP contribution in [0.25, 0.3) is 0 Å². The molecule has 0 saturated carbocycles. The molecule has 98 valence electrons. The first-order chi connectivity index (χ1) is 8.01. The van der Waals surface area contributed by atoms with Crippen molar-refractivity contribution in [2.45, 2.75) is 56.5 Å². The summed E-state index contributed by atoms with van der Waals surface area (Å²) in [5.41, 5.74) is 5.20. The topological polar surface area (TPSA) is 58.7 Å². The fraction of sp³-hybridized carbons (Fsp3) is 1.00. The zero-order valence-corrected chi connectivity index (χ0v) is 10.9. The van der Waals surface area contributed by atoms with Gasteiger partial charge in [0.1, 0.15) is 0 Å². The molecule has 3 saturated heterocycles. The second-order valence-corrected chi connectivity index (χ2v) is 6.39. The van der Waals surface area contributed by atoms with Crippen LogP contribution in [0.4, 0.5) is 0 Å². The predicted molar refractivity (Wildman–Crippen MR) is 65.7 cm³/mol. The third-order valence-electron chi connectivity index (χ3n) is 5.50.